The van der Waals surface area contributed by atoms with Crippen molar-refractivity contribution in [3.8, 4) is 0 Å². The molecule has 4 N–H and O–H groups in total. The molecule has 35 heavy (non-hydrogen) atoms. The van der Waals surface area contributed by atoms with Crippen LogP contribution >= 0.6 is 0 Å². The third-order valence-corrected chi connectivity index (χ3v) is 7.05. The lowest BCUT2D eigenvalue weighted by Gasteiger charge is -2.42. The van der Waals surface area contributed by atoms with Gasteiger partial charge in [-0.1, -0.05) is 121 Å². The quantitative estimate of drug-likeness (QED) is 0.189. The van der Waals surface area contributed by atoms with Gasteiger partial charge in [-0.3, -0.25) is 0 Å². The van der Waals surface area contributed by atoms with Gasteiger partial charge < -0.3 is 30.1 Å². The smallest absolute Gasteiger partial charge is 0.176 e. The molecule has 1 aliphatic rings. The Balaban J connectivity index is 1.57. The van der Waals surface area contributed by atoms with Crippen molar-refractivity contribution in [2.24, 2.45) is 0 Å². The first-order chi connectivity index (χ1) is 17.2. The first kappa shape index (κ1) is 30.2. The molecule has 0 aliphatic carbocycles. The molecule has 1 aliphatic heterocycles. The van der Waals surface area contributed by atoms with Crippen molar-refractivity contribution in [1.82, 2.24) is 5.32 Å². The molecule has 0 aromatic heterocycles. The number of rotatable bonds is 20. The summed E-state index contributed by atoms with van der Waals surface area (Å²) in [6, 6.07) is 9.23. The van der Waals surface area contributed by atoms with Gasteiger partial charge in [0.25, 0.3) is 0 Å². The zero-order chi connectivity index (χ0) is 25.1. The largest absolute Gasteiger partial charge is 0.394 e. The molecular weight excluding hydrogens is 442 g/mol. The summed E-state index contributed by atoms with van der Waals surface area (Å²) < 4.78 is 11.7. The maximum Gasteiger partial charge on any atom is 0.176 e. The van der Waals surface area contributed by atoms with E-state index in [0.717, 1.165) is 24.9 Å². The first-order valence-electron chi connectivity index (χ1n) is 14.2. The SMILES string of the molecule is CCCCCCCCCCCCCCCCN[C@@H]1[C@@H](OCc2ccccc2)O[C@H](CO)[C@@H](O)[C@@H]1O. The van der Waals surface area contributed by atoms with Gasteiger partial charge in [0.15, 0.2) is 6.29 Å². The van der Waals surface area contributed by atoms with Gasteiger partial charge in [0.05, 0.1) is 19.3 Å². The van der Waals surface area contributed by atoms with Crippen LogP contribution in [0.15, 0.2) is 30.3 Å². The molecule has 0 radical (unpaired) electrons. The Hall–Kier alpha value is -1.02. The maximum absolute atomic E-state index is 10.6. The van der Waals surface area contributed by atoms with Crippen LogP contribution in [0.3, 0.4) is 0 Å². The molecule has 6 nitrogen and oxygen atoms in total. The first-order valence-corrected chi connectivity index (χ1v) is 14.2. The van der Waals surface area contributed by atoms with Crippen molar-refractivity contribution in [2.45, 2.75) is 134 Å². The van der Waals surface area contributed by atoms with Crippen LogP contribution in [-0.4, -0.2) is 59.1 Å². The van der Waals surface area contributed by atoms with E-state index in [1.807, 2.05) is 30.3 Å². The zero-order valence-electron chi connectivity index (χ0n) is 22.0. The van der Waals surface area contributed by atoms with E-state index in [4.69, 9.17) is 9.47 Å². The lowest BCUT2D eigenvalue weighted by atomic mass is 9.96. The predicted molar refractivity (Wildman–Crippen MR) is 141 cm³/mol. The van der Waals surface area contributed by atoms with Crippen LogP contribution < -0.4 is 5.32 Å². The highest BCUT2D eigenvalue weighted by Gasteiger charge is 2.44. The molecule has 0 bridgehead atoms. The Kier molecular flexibility index (Phi) is 16.5. The molecular formula is C29H51NO5. The molecule has 0 unspecified atom stereocenters. The lowest BCUT2D eigenvalue weighted by molar-refractivity contribution is -0.274. The second-order valence-corrected chi connectivity index (χ2v) is 10.1. The van der Waals surface area contributed by atoms with Crippen molar-refractivity contribution in [2.75, 3.05) is 13.2 Å². The second kappa shape index (κ2) is 19.1. The van der Waals surface area contributed by atoms with Crippen molar-refractivity contribution >= 4 is 0 Å². The van der Waals surface area contributed by atoms with E-state index < -0.39 is 30.6 Å². The monoisotopic (exact) mass is 493 g/mol. The molecule has 2 rings (SSSR count). The van der Waals surface area contributed by atoms with Crippen LogP contribution in [0.4, 0.5) is 0 Å². The van der Waals surface area contributed by atoms with Gasteiger partial charge in [-0.05, 0) is 18.5 Å². The molecule has 1 aromatic rings. The molecule has 6 heteroatoms. The van der Waals surface area contributed by atoms with Crippen molar-refractivity contribution in [3.05, 3.63) is 35.9 Å². The molecule has 0 amide bonds. The van der Waals surface area contributed by atoms with Gasteiger partial charge >= 0.3 is 0 Å². The van der Waals surface area contributed by atoms with Crippen molar-refractivity contribution in [1.29, 1.82) is 0 Å². The summed E-state index contributed by atoms with van der Waals surface area (Å²) >= 11 is 0. The summed E-state index contributed by atoms with van der Waals surface area (Å²) in [6.07, 6.45) is 14.6. The van der Waals surface area contributed by atoms with E-state index in [-0.39, 0.29) is 6.61 Å². The number of aliphatic hydroxyl groups is 3. The molecule has 0 saturated carbocycles. The highest BCUT2D eigenvalue weighted by Crippen LogP contribution is 2.23. The third kappa shape index (κ3) is 12.2. The number of nitrogens with one attached hydrogen (secondary N) is 1. The van der Waals surface area contributed by atoms with Crippen LogP contribution in [0.2, 0.25) is 0 Å². The normalized spacial score (nSPS) is 24.6. The zero-order valence-corrected chi connectivity index (χ0v) is 22.0. The average Bonchev–Trinajstić information content (AvgIpc) is 2.88. The molecule has 1 saturated heterocycles. The lowest BCUT2D eigenvalue weighted by Crippen LogP contribution is -2.64. The van der Waals surface area contributed by atoms with Crippen molar-refractivity contribution < 1.29 is 24.8 Å². The van der Waals surface area contributed by atoms with E-state index in [9.17, 15) is 15.3 Å². The van der Waals surface area contributed by atoms with Gasteiger partial charge in [-0.2, -0.15) is 0 Å². The number of unbranched alkanes of at least 4 members (excludes halogenated alkanes) is 13. The van der Waals surface area contributed by atoms with E-state index >= 15 is 0 Å². The van der Waals surface area contributed by atoms with Gasteiger partial charge in [-0.15, -0.1) is 0 Å². The van der Waals surface area contributed by atoms with Crippen LogP contribution in [0.1, 0.15) is 102 Å². The van der Waals surface area contributed by atoms with Crippen LogP contribution in [0, 0.1) is 0 Å². The van der Waals surface area contributed by atoms with Gasteiger partial charge in [-0.25, -0.2) is 0 Å². The summed E-state index contributed by atoms with van der Waals surface area (Å²) in [5, 5.41) is 33.8. The van der Waals surface area contributed by atoms with E-state index in [1.54, 1.807) is 0 Å². The number of hydrogen-bond acceptors (Lipinski definition) is 6. The molecule has 5 atom stereocenters. The predicted octanol–water partition coefficient (Wildman–Crippen LogP) is 5.08. The highest BCUT2D eigenvalue weighted by molar-refractivity contribution is 5.13. The van der Waals surface area contributed by atoms with E-state index in [2.05, 4.69) is 12.2 Å². The fourth-order valence-electron chi connectivity index (χ4n) is 4.78. The summed E-state index contributed by atoms with van der Waals surface area (Å²) in [7, 11) is 0. The van der Waals surface area contributed by atoms with Gasteiger partial charge in [0.1, 0.15) is 18.3 Å². The van der Waals surface area contributed by atoms with Crippen LogP contribution in [0.5, 0.6) is 0 Å². The average molecular weight is 494 g/mol. The Morgan fingerprint density at radius 3 is 1.86 bits per heavy atom. The number of ether oxygens (including phenoxy) is 2. The standard InChI is InChI=1S/C29H51NO5/c1-2-3-4-5-6-7-8-9-10-11-12-13-14-18-21-30-26-28(33)27(32)25(22-31)35-29(26)34-23-24-19-16-15-17-20-24/h15-17,19-20,25-33H,2-14,18,21-23H2,1H3/t25-,26+,27-,28-,29+/m1/s1. The minimum Gasteiger partial charge on any atom is -0.394 e. The minimum atomic E-state index is -1.15. The van der Waals surface area contributed by atoms with E-state index in [1.165, 1.54) is 77.0 Å². The molecule has 1 heterocycles. The summed E-state index contributed by atoms with van der Waals surface area (Å²) in [4.78, 5) is 0. The van der Waals surface area contributed by atoms with E-state index in [0.29, 0.717) is 6.61 Å². The number of hydrogen-bond donors (Lipinski definition) is 4. The molecule has 1 aromatic carbocycles. The van der Waals surface area contributed by atoms with Gasteiger partial charge in [0, 0.05) is 0 Å². The van der Waals surface area contributed by atoms with Crippen molar-refractivity contribution in [3.63, 3.8) is 0 Å². The fraction of sp³-hybridized carbons (Fsp3) is 0.793. The Morgan fingerprint density at radius 1 is 0.771 bits per heavy atom. The van der Waals surface area contributed by atoms with Crippen LogP contribution in [-0.2, 0) is 16.1 Å². The minimum absolute atomic E-state index is 0.337. The highest BCUT2D eigenvalue weighted by atomic mass is 16.7. The Bertz CT molecular complexity index is 616. The summed E-state index contributed by atoms with van der Waals surface area (Å²) in [6.45, 7) is 2.97. The topological polar surface area (TPSA) is 91.2 Å². The molecule has 0 spiro atoms. The van der Waals surface area contributed by atoms with Crippen LogP contribution in [0.25, 0.3) is 0 Å². The third-order valence-electron chi connectivity index (χ3n) is 7.05. The molecule has 202 valence electrons. The maximum atomic E-state index is 10.6. The Labute approximate surface area is 213 Å². The second-order valence-electron chi connectivity index (χ2n) is 10.1. The summed E-state index contributed by atoms with van der Waals surface area (Å²) in [5.41, 5.74) is 1.00. The Morgan fingerprint density at radius 2 is 1.31 bits per heavy atom. The fourth-order valence-corrected chi connectivity index (χ4v) is 4.78. The summed E-state index contributed by atoms with van der Waals surface area (Å²) in [5.74, 6) is 0. The van der Waals surface area contributed by atoms with Gasteiger partial charge in [0.2, 0.25) is 0 Å². The number of aliphatic hydroxyl groups excluding tert-OH is 3. The number of benzene rings is 1. The molecule has 1 fully saturated rings.